The van der Waals surface area contributed by atoms with Gasteiger partial charge in [0.25, 0.3) is 0 Å². The van der Waals surface area contributed by atoms with Crippen LogP contribution in [0.4, 0.5) is 13.2 Å². The monoisotopic (exact) mass is 369 g/mol. The van der Waals surface area contributed by atoms with Crippen molar-refractivity contribution >= 4 is 11.8 Å². The number of nitrogens with two attached hydrogens (primary N) is 1. The molecular weight excluding hydrogens is 347 g/mol. The van der Waals surface area contributed by atoms with Gasteiger partial charge in [0.2, 0.25) is 11.8 Å². The van der Waals surface area contributed by atoms with E-state index in [2.05, 4.69) is 0 Å². The average molecular weight is 369 g/mol. The lowest BCUT2D eigenvalue weighted by Crippen LogP contribution is -2.42. The molecule has 2 fully saturated rings. The fraction of sp³-hybridized carbons (Fsp3) is 0.556. The summed E-state index contributed by atoms with van der Waals surface area (Å²) in [5, 5.41) is 0. The minimum Gasteiger partial charge on any atom is -0.341 e. The number of hydrogen-bond donors (Lipinski definition) is 1. The molecule has 1 aromatic carbocycles. The molecule has 2 aliphatic rings. The van der Waals surface area contributed by atoms with E-state index in [-0.39, 0.29) is 42.2 Å². The largest absolute Gasteiger partial charge is 0.341 e. The van der Waals surface area contributed by atoms with Crippen LogP contribution in [-0.4, -0.2) is 53.3 Å². The number of likely N-dealkylation sites (tertiary alicyclic amines) is 2. The highest BCUT2D eigenvalue weighted by Crippen LogP contribution is 2.32. The Labute approximate surface area is 149 Å². The maximum atomic E-state index is 13.7. The first kappa shape index (κ1) is 18.7. The number of carbonyl (C=O) groups excluding carboxylic acids is 2. The molecule has 8 heteroatoms. The molecule has 0 radical (unpaired) electrons. The summed E-state index contributed by atoms with van der Waals surface area (Å²) in [5.41, 5.74) is 5.90. The molecule has 0 aliphatic carbocycles. The van der Waals surface area contributed by atoms with Gasteiger partial charge < -0.3 is 15.5 Å². The molecule has 0 bridgehead atoms. The van der Waals surface area contributed by atoms with Crippen molar-refractivity contribution in [1.29, 1.82) is 0 Å². The maximum absolute atomic E-state index is 13.7. The highest BCUT2D eigenvalue weighted by molar-refractivity contribution is 5.78. The molecular formula is C18H22F3N3O2. The number of benzene rings is 1. The normalized spacial score (nSPS) is 23.3. The fourth-order valence-corrected chi connectivity index (χ4v) is 3.94. The predicted molar refractivity (Wildman–Crippen MR) is 88.5 cm³/mol. The Morgan fingerprint density at radius 3 is 2.58 bits per heavy atom. The van der Waals surface area contributed by atoms with E-state index in [4.69, 9.17) is 5.73 Å². The molecule has 2 amide bonds. The van der Waals surface area contributed by atoms with Crippen LogP contribution < -0.4 is 5.73 Å². The van der Waals surface area contributed by atoms with Crippen molar-refractivity contribution in [1.82, 2.24) is 9.80 Å². The fourth-order valence-electron chi connectivity index (χ4n) is 3.94. The van der Waals surface area contributed by atoms with Crippen molar-refractivity contribution in [2.45, 2.75) is 38.3 Å². The van der Waals surface area contributed by atoms with Gasteiger partial charge in [-0.2, -0.15) is 0 Å². The molecule has 0 spiro atoms. The summed E-state index contributed by atoms with van der Waals surface area (Å²) in [6.45, 7) is 3.32. The quantitative estimate of drug-likeness (QED) is 0.817. The van der Waals surface area contributed by atoms with Crippen molar-refractivity contribution in [3.05, 3.63) is 35.1 Å². The zero-order valence-electron chi connectivity index (χ0n) is 14.6. The van der Waals surface area contributed by atoms with Crippen LogP contribution in [0.5, 0.6) is 0 Å². The summed E-state index contributed by atoms with van der Waals surface area (Å²) < 4.78 is 40.0. The molecule has 2 saturated heterocycles. The number of amides is 2. The van der Waals surface area contributed by atoms with E-state index in [1.54, 1.807) is 9.80 Å². The molecule has 3 atom stereocenters. The number of rotatable bonds is 4. The van der Waals surface area contributed by atoms with E-state index >= 15 is 0 Å². The van der Waals surface area contributed by atoms with Gasteiger partial charge in [-0.25, -0.2) is 13.2 Å². The number of hydrogen-bond acceptors (Lipinski definition) is 3. The van der Waals surface area contributed by atoms with Crippen molar-refractivity contribution in [2.75, 3.05) is 19.6 Å². The molecule has 5 nitrogen and oxygen atoms in total. The van der Waals surface area contributed by atoms with Gasteiger partial charge >= 0.3 is 0 Å². The van der Waals surface area contributed by atoms with E-state index in [1.165, 1.54) is 6.92 Å². The lowest BCUT2D eigenvalue weighted by Gasteiger charge is -2.26. The lowest BCUT2D eigenvalue weighted by molar-refractivity contribution is -0.134. The van der Waals surface area contributed by atoms with Crippen LogP contribution in [-0.2, 0) is 16.0 Å². The van der Waals surface area contributed by atoms with E-state index in [9.17, 15) is 22.8 Å². The second-order valence-corrected chi connectivity index (χ2v) is 7.15. The summed E-state index contributed by atoms with van der Waals surface area (Å²) in [6.07, 6.45) is 0.769. The Balaban J connectivity index is 1.60. The second-order valence-electron chi connectivity index (χ2n) is 7.15. The molecule has 26 heavy (non-hydrogen) atoms. The maximum Gasteiger partial charge on any atom is 0.224 e. The Kier molecular flexibility index (Phi) is 5.22. The first-order valence-corrected chi connectivity index (χ1v) is 8.70. The molecule has 3 rings (SSSR count). The summed E-state index contributed by atoms with van der Waals surface area (Å²) in [5.74, 6) is -3.15. The summed E-state index contributed by atoms with van der Waals surface area (Å²) in [6, 6.07) is 0.562. The minimum absolute atomic E-state index is 0.00129. The van der Waals surface area contributed by atoms with Crippen LogP contribution in [0.1, 0.15) is 25.3 Å². The molecule has 2 N–H and O–H groups in total. The van der Waals surface area contributed by atoms with Crippen LogP contribution in [0.25, 0.3) is 0 Å². The number of halogens is 3. The lowest BCUT2D eigenvalue weighted by atomic mass is 10.0. The number of carbonyl (C=O) groups is 2. The zero-order valence-corrected chi connectivity index (χ0v) is 14.6. The highest BCUT2D eigenvalue weighted by Gasteiger charge is 2.43. The van der Waals surface area contributed by atoms with Crippen molar-refractivity contribution in [3.63, 3.8) is 0 Å². The predicted octanol–water partition coefficient (Wildman–Crippen LogP) is 1.44. The average Bonchev–Trinajstić information content (AvgIpc) is 3.12. The standard InChI is InChI=1S/C18H22F3N3O2/c1-10(25)23-8-11-2-3-24(17(11)9-23)18(26)6-13(22)4-12-5-15(20)16(21)7-14(12)19/h5,7,11,13,17H,2-4,6,8-9,22H2,1H3/t11-,13?,17?/m0/s1. The van der Waals surface area contributed by atoms with Crippen LogP contribution >= 0.6 is 0 Å². The smallest absolute Gasteiger partial charge is 0.224 e. The van der Waals surface area contributed by atoms with E-state index in [1.807, 2.05) is 0 Å². The van der Waals surface area contributed by atoms with Gasteiger partial charge in [0.15, 0.2) is 11.6 Å². The van der Waals surface area contributed by atoms with Gasteiger partial charge in [-0.1, -0.05) is 0 Å². The van der Waals surface area contributed by atoms with E-state index in [0.29, 0.717) is 25.7 Å². The topological polar surface area (TPSA) is 66.6 Å². The Bertz CT molecular complexity index is 728. The molecule has 1 aromatic rings. The van der Waals surface area contributed by atoms with Gasteiger partial charge in [0, 0.05) is 51.0 Å². The third-order valence-electron chi connectivity index (χ3n) is 5.32. The molecule has 0 saturated carbocycles. The second kappa shape index (κ2) is 7.26. The van der Waals surface area contributed by atoms with Crippen LogP contribution in [0.15, 0.2) is 12.1 Å². The summed E-state index contributed by atoms with van der Waals surface area (Å²) in [4.78, 5) is 27.6. The van der Waals surface area contributed by atoms with Crippen molar-refractivity contribution in [3.8, 4) is 0 Å². The summed E-state index contributed by atoms with van der Waals surface area (Å²) >= 11 is 0. The van der Waals surface area contributed by atoms with Crippen molar-refractivity contribution in [2.24, 2.45) is 11.7 Å². The highest BCUT2D eigenvalue weighted by atomic mass is 19.2. The Morgan fingerprint density at radius 2 is 1.88 bits per heavy atom. The van der Waals surface area contributed by atoms with Crippen LogP contribution in [0.2, 0.25) is 0 Å². The SMILES string of the molecule is CC(=O)N1CC2[C@@H](CCN2C(=O)CC(N)Cc2cc(F)c(F)cc2F)C1. The minimum atomic E-state index is -1.25. The first-order valence-electron chi connectivity index (χ1n) is 8.70. The third-order valence-corrected chi connectivity index (χ3v) is 5.32. The molecule has 2 aliphatic heterocycles. The Hall–Kier alpha value is -2.09. The molecule has 2 unspecified atom stereocenters. The van der Waals surface area contributed by atoms with Crippen LogP contribution in [0.3, 0.4) is 0 Å². The summed E-state index contributed by atoms with van der Waals surface area (Å²) in [7, 11) is 0. The first-order chi connectivity index (χ1) is 12.3. The number of fused-ring (bicyclic) bond motifs is 1. The van der Waals surface area contributed by atoms with Gasteiger partial charge in [-0.15, -0.1) is 0 Å². The van der Waals surface area contributed by atoms with Gasteiger partial charge in [-0.3, -0.25) is 9.59 Å². The van der Waals surface area contributed by atoms with Crippen molar-refractivity contribution < 1.29 is 22.8 Å². The van der Waals surface area contributed by atoms with E-state index in [0.717, 1.165) is 12.5 Å². The molecule has 142 valence electrons. The Morgan fingerprint density at radius 1 is 1.19 bits per heavy atom. The van der Waals surface area contributed by atoms with Crippen LogP contribution in [0, 0.1) is 23.4 Å². The number of nitrogens with zero attached hydrogens (tertiary/aromatic N) is 2. The molecule has 2 heterocycles. The third kappa shape index (κ3) is 3.70. The molecule has 0 aromatic heterocycles. The van der Waals surface area contributed by atoms with E-state index < -0.39 is 23.5 Å². The zero-order chi connectivity index (χ0) is 19.0. The van der Waals surface area contributed by atoms with Gasteiger partial charge in [0.1, 0.15) is 5.82 Å². The van der Waals surface area contributed by atoms with Gasteiger partial charge in [0.05, 0.1) is 6.04 Å². The van der Waals surface area contributed by atoms with Gasteiger partial charge in [-0.05, 0) is 24.5 Å².